The van der Waals surface area contributed by atoms with Crippen LogP contribution >= 0.6 is 11.8 Å². The molecule has 13 heavy (non-hydrogen) atoms. The number of hydrogen-bond acceptors (Lipinski definition) is 2. The van der Waals surface area contributed by atoms with Crippen molar-refractivity contribution >= 4 is 11.8 Å². The topological polar surface area (TPSA) is 37.8 Å². The molecule has 1 aliphatic carbocycles. The Morgan fingerprint density at radius 1 is 1.46 bits per heavy atom. The lowest BCUT2D eigenvalue weighted by atomic mass is 10.2. The van der Waals surface area contributed by atoms with Gasteiger partial charge in [0.2, 0.25) is 0 Å². The van der Waals surface area contributed by atoms with Crippen LogP contribution in [0.25, 0.3) is 0 Å². The highest BCUT2D eigenvalue weighted by atomic mass is 32.2. The molecule has 1 N–H and O–H groups in total. The van der Waals surface area contributed by atoms with E-state index < -0.39 is 0 Å². The third kappa shape index (κ3) is 1.15. The fourth-order valence-electron chi connectivity index (χ4n) is 1.83. The van der Waals surface area contributed by atoms with Crippen molar-refractivity contribution in [2.45, 2.75) is 31.1 Å². The number of hydrogen-bond donors (Lipinski definition) is 1. The van der Waals surface area contributed by atoms with Gasteiger partial charge in [0.05, 0.1) is 6.04 Å². The third-order valence-electron chi connectivity index (χ3n) is 2.75. The van der Waals surface area contributed by atoms with Crippen LogP contribution in [0, 0.1) is 0 Å². The first-order chi connectivity index (χ1) is 6.36. The molecule has 0 saturated heterocycles. The number of nitrogens with one attached hydrogen (secondary N) is 1. The smallest absolute Gasteiger partial charge is 0.271 e. The molecule has 1 aromatic rings. The molecule has 3 nitrogen and oxygen atoms in total. The van der Waals surface area contributed by atoms with Gasteiger partial charge in [0.25, 0.3) is 5.56 Å². The van der Waals surface area contributed by atoms with Crippen LogP contribution in [0.2, 0.25) is 0 Å². The van der Waals surface area contributed by atoms with E-state index in [4.69, 9.17) is 0 Å². The Bertz CT molecular complexity index is 389. The Kier molecular flexibility index (Phi) is 1.59. The molecule has 0 atom stereocenters. The average molecular weight is 196 g/mol. The predicted octanol–water partition coefficient (Wildman–Crippen LogP) is 1.30. The molecule has 0 radical (unpaired) electrons. The van der Waals surface area contributed by atoms with E-state index in [-0.39, 0.29) is 5.56 Å². The summed E-state index contributed by atoms with van der Waals surface area (Å²) in [6.07, 6.45) is 3.38. The van der Waals surface area contributed by atoms with Gasteiger partial charge in [0.15, 0.2) is 0 Å². The molecule has 0 unspecified atom stereocenters. The fourth-order valence-corrected chi connectivity index (χ4v) is 2.83. The number of rotatable bonds is 1. The molecule has 0 aromatic carbocycles. The van der Waals surface area contributed by atoms with Crippen LogP contribution in [0.1, 0.15) is 30.1 Å². The van der Waals surface area contributed by atoms with Gasteiger partial charge in [-0.1, -0.05) is 0 Å². The minimum atomic E-state index is 0.240. The maximum atomic E-state index is 11.8. The van der Waals surface area contributed by atoms with E-state index in [1.807, 2.05) is 16.4 Å². The molecule has 1 fully saturated rings. The zero-order valence-corrected chi connectivity index (χ0v) is 8.19. The minimum absolute atomic E-state index is 0.240. The third-order valence-corrected chi connectivity index (χ3v) is 3.74. The molecule has 0 amide bonds. The predicted molar refractivity (Wildman–Crippen MR) is 53.2 cm³/mol. The van der Waals surface area contributed by atoms with Gasteiger partial charge >= 0.3 is 0 Å². The van der Waals surface area contributed by atoms with Gasteiger partial charge in [-0.25, -0.2) is 4.68 Å². The van der Waals surface area contributed by atoms with Crippen molar-refractivity contribution in [3.05, 3.63) is 21.6 Å². The van der Waals surface area contributed by atoms with Crippen LogP contribution in [-0.2, 0) is 12.2 Å². The SMILES string of the molecule is O=c1c2c([nH]n1C1CC1)CCSC2. The van der Waals surface area contributed by atoms with Crippen molar-refractivity contribution in [3.8, 4) is 0 Å². The molecule has 1 aliphatic heterocycles. The second kappa shape index (κ2) is 2.67. The van der Waals surface area contributed by atoms with Crippen LogP contribution in [-0.4, -0.2) is 15.5 Å². The highest BCUT2D eigenvalue weighted by molar-refractivity contribution is 7.98. The minimum Gasteiger partial charge on any atom is -0.299 e. The highest BCUT2D eigenvalue weighted by Crippen LogP contribution is 2.34. The quantitative estimate of drug-likeness (QED) is 0.735. The largest absolute Gasteiger partial charge is 0.299 e. The summed E-state index contributed by atoms with van der Waals surface area (Å²) >= 11 is 1.86. The van der Waals surface area contributed by atoms with Gasteiger partial charge in [-0.15, -0.1) is 0 Å². The van der Waals surface area contributed by atoms with Gasteiger partial charge in [-0.2, -0.15) is 11.8 Å². The number of aryl methyl sites for hydroxylation is 1. The molecule has 70 valence electrons. The summed E-state index contributed by atoms with van der Waals surface area (Å²) in [6.45, 7) is 0. The number of fused-ring (bicyclic) bond motifs is 1. The zero-order valence-electron chi connectivity index (χ0n) is 7.38. The molecule has 2 heterocycles. The van der Waals surface area contributed by atoms with Crippen molar-refractivity contribution < 1.29 is 0 Å². The number of thioether (sulfide) groups is 1. The van der Waals surface area contributed by atoms with Crippen molar-refractivity contribution in [3.63, 3.8) is 0 Å². The average Bonchev–Trinajstić information content (AvgIpc) is 2.94. The van der Waals surface area contributed by atoms with Gasteiger partial charge in [0, 0.05) is 17.0 Å². The molecule has 1 aromatic heterocycles. The molecule has 4 heteroatoms. The summed E-state index contributed by atoms with van der Waals surface area (Å²) in [5.74, 6) is 2.06. The summed E-state index contributed by atoms with van der Waals surface area (Å²) < 4.78 is 1.84. The number of nitrogens with zero attached hydrogens (tertiary/aromatic N) is 1. The van der Waals surface area contributed by atoms with Crippen molar-refractivity contribution in [2.75, 3.05) is 5.75 Å². The first kappa shape index (κ1) is 7.74. The highest BCUT2D eigenvalue weighted by Gasteiger charge is 2.28. The Morgan fingerprint density at radius 2 is 2.31 bits per heavy atom. The Hall–Kier alpha value is -0.640. The summed E-state index contributed by atoms with van der Waals surface area (Å²) in [5.41, 5.74) is 2.46. The van der Waals surface area contributed by atoms with Crippen molar-refractivity contribution in [1.82, 2.24) is 9.78 Å². The summed E-state index contributed by atoms with van der Waals surface area (Å²) in [7, 11) is 0. The lowest BCUT2D eigenvalue weighted by molar-refractivity contribution is 0.612. The molecular formula is C9H12N2OS. The van der Waals surface area contributed by atoms with E-state index in [9.17, 15) is 4.79 Å². The van der Waals surface area contributed by atoms with E-state index in [0.29, 0.717) is 6.04 Å². The Morgan fingerprint density at radius 3 is 3.00 bits per heavy atom. The zero-order chi connectivity index (χ0) is 8.84. The van der Waals surface area contributed by atoms with Gasteiger partial charge in [0.1, 0.15) is 0 Å². The molecule has 1 saturated carbocycles. The molecule has 0 bridgehead atoms. The maximum absolute atomic E-state index is 11.8. The number of aromatic nitrogens is 2. The van der Waals surface area contributed by atoms with Gasteiger partial charge in [-0.3, -0.25) is 9.89 Å². The standard InChI is InChI=1S/C9H12N2OS/c12-9-7-5-13-4-3-8(7)10-11(9)6-1-2-6/h6,10H,1-5H2. The van der Waals surface area contributed by atoms with Crippen LogP contribution in [0.15, 0.2) is 4.79 Å². The first-order valence-electron chi connectivity index (χ1n) is 4.76. The second-order valence-electron chi connectivity index (χ2n) is 3.78. The molecule has 0 spiro atoms. The number of aromatic amines is 1. The lowest BCUT2D eigenvalue weighted by Gasteiger charge is -2.07. The van der Waals surface area contributed by atoms with Crippen LogP contribution < -0.4 is 5.56 Å². The normalized spacial score (nSPS) is 21.5. The molecule has 2 aliphatic rings. The van der Waals surface area contributed by atoms with E-state index in [1.54, 1.807) is 0 Å². The fraction of sp³-hybridized carbons (Fsp3) is 0.667. The van der Waals surface area contributed by atoms with Gasteiger partial charge in [-0.05, 0) is 25.0 Å². The number of H-pyrrole nitrogens is 1. The van der Waals surface area contributed by atoms with E-state index in [1.165, 1.54) is 18.5 Å². The van der Waals surface area contributed by atoms with E-state index in [2.05, 4.69) is 5.10 Å². The maximum Gasteiger partial charge on any atom is 0.271 e. The molecular weight excluding hydrogens is 184 g/mol. The van der Waals surface area contributed by atoms with Crippen LogP contribution in [0.3, 0.4) is 0 Å². The van der Waals surface area contributed by atoms with E-state index in [0.717, 1.165) is 23.5 Å². The van der Waals surface area contributed by atoms with Crippen molar-refractivity contribution in [1.29, 1.82) is 0 Å². The summed E-state index contributed by atoms with van der Waals surface area (Å²) in [6, 6.07) is 0.489. The van der Waals surface area contributed by atoms with Crippen LogP contribution in [0.5, 0.6) is 0 Å². The summed E-state index contributed by atoms with van der Waals surface area (Å²) in [5, 5.41) is 3.25. The monoisotopic (exact) mass is 196 g/mol. The lowest BCUT2D eigenvalue weighted by Crippen LogP contribution is -2.18. The van der Waals surface area contributed by atoms with Crippen LogP contribution in [0.4, 0.5) is 0 Å². The first-order valence-corrected chi connectivity index (χ1v) is 5.92. The van der Waals surface area contributed by atoms with Gasteiger partial charge < -0.3 is 0 Å². The van der Waals surface area contributed by atoms with Crippen molar-refractivity contribution in [2.24, 2.45) is 0 Å². The Balaban J connectivity index is 2.12. The molecule has 3 rings (SSSR count). The summed E-state index contributed by atoms with van der Waals surface area (Å²) in [4.78, 5) is 11.8. The van der Waals surface area contributed by atoms with E-state index >= 15 is 0 Å². The Labute approximate surface area is 80.5 Å². The second-order valence-corrected chi connectivity index (χ2v) is 4.88.